The maximum Gasteiger partial charge on any atom is 0.309 e. The van der Waals surface area contributed by atoms with Gasteiger partial charge in [-0.1, -0.05) is 54.0 Å². The topological polar surface area (TPSA) is 121 Å². The fourth-order valence-electron chi connectivity index (χ4n) is 16.0. The predicted octanol–water partition coefficient (Wildman–Crippen LogP) is 9.80. The minimum Gasteiger partial charge on any atom is -0.481 e. The van der Waals surface area contributed by atoms with E-state index in [2.05, 4.69) is 53.0 Å². The van der Waals surface area contributed by atoms with Crippen molar-refractivity contribution in [2.24, 2.45) is 79.8 Å². The molecule has 7 aliphatic rings. The number of esters is 1. The third kappa shape index (κ3) is 6.16. The normalized spacial score (nSPS) is 44.5. The number of carbonyl (C=O) groups excluding carboxylic acids is 2. The van der Waals surface area contributed by atoms with E-state index in [1.54, 1.807) is 0 Å². The number of likely N-dealkylation sites (tertiary alicyclic amines) is 1. The standard InChI is InChI=1S/C47H73NO7/c1-28(2)26-30-14-21-47(41(54)48-24-17-29(18-25-48)10-13-37(49)50)23-22-45(8)31(38(30)47)11-12-35-44(7)19-16-36(43(5,6)34(44)15-20-46(35,45)9)55-40(53)33-27-32(39(51)52)42(33,3)4/h29-36,38H,1,10-27H2,2-9H3,(H,49,50)(H,51,52). The van der Waals surface area contributed by atoms with Crippen molar-refractivity contribution in [3.8, 4) is 0 Å². The van der Waals surface area contributed by atoms with Crippen molar-refractivity contribution in [2.75, 3.05) is 13.1 Å². The Hall–Kier alpha value is -2.38. The highest BCUT2D eigenvalue weighted by atomic mass is 16.5. The van der Waals surface area contributed by atoms with E-state index in [-0.39, 0.29) is 51.5 Å². The van der Waals surface area contributed by atoms with E-state index in [1.165, 1.54) is 18.4 Å². The zero-order valence-corrected chi connectivity index (χ0v) is 35.5. The Morgan fingerprint density at radius 1 is 0.745 bits per heavy atom. The molecular formula is C47H73NO7. The molecule has 308 valence electrons. The van der Waals surface area contributed by atoms with Crippen LogP contribution in [0.5, 0.6) is 0 Å². The van der Waals surface area contributed by atoms with Crippen LogP contribution in [0.3, 0.4) is 0 Å². The van der Waals surface area contributed by atoms with Crippen molar-refractivity contribution in [3.05, 3.63) is 12.2 Å². The number of carboxylic acid groups (broad SMARTS) is 2. The number of piperidine rings is 1. The Morgan fingerprint density at radius 2 is 1.44 bits per heavy atom. The number of carboxylic acids is 2. The third-order valence-corrected chi connectivity index (χ3v) is 19.3. The van der Waals surface area contributed by atoms with Crippen molar-refractivity contribution in [2.45, 2.75) is 164 Å². The zero-order valence-electron chi connectivity index (χ0n) is 35.5. The van der Waals surface area contributed by atoms with Gasteiger partial charge >= 0.3 is 17.9 Å². The Balaban J connectivity index is 1.11. The maximum absolute atomic E-state index is 15.0. The number of carbonyl (C=O) groups is 4. The number of allylic oxidation sites excluding steroid dienone is 1. The molecule has 0 spiro atoms. The molecule has 6 saturated carbocycles. The largest absolute Gasteiger partial charge is 0.481 e. The van der Waals surface area contributed by atoms with Gasteiger partial charge in [0.2, 0.25) is 5.91 Å². The lowest BCUT2D eigenvalue weighted by Gasteiger charge is -2.73. The van der Waals surface area contributed by atoms with Gasteiger partial charge in [-0.3, -0.25) is 19.2 Å². The molecule has 0 bridgehead atoms. The van der Waals surface area contributed by atoms with E-state index in [9.17, 15) is 24.6 Å². The molecule has 0 aromatic rings. The van der Waals surface area contributed by atoms with Gasteiger partial charge in [0, 0.05) is 24.9 Å². The molecule has 1 amide bonds. The number of hydrogen-bond donors (Lipinski definition) is 2. The molecule has 8 nitrogen and oxygen atoms in total. The molecule has 12 unspecified atom stereocenters. The Bertz CT molecular complexity index is 1580. The van der Waals surface area contributed by atoms with Crippen LogP contribution in [0.1, 0.15) is 158 Å². The summed E-state index contributed by atoms with van der Waals surface area (Å²) in [7, 11) is 0. The Kier molecular flexibility index (Phi) is 10.3. The second-order valence-corrected chi connectivity index (χ2v) is 22.3. The minimum absolute atomic E-state index is 0.125. The average Bonchev–Trinajstić information content (AvgIpc) is 3.46. The molecule has 1 heterocycles. The number of ether oxygens (including phenoxy) is 1. The van der Waals surface area contributed by atoms with Crippen molar-refractivity contribution in [1.29, 1.82) is 0 Å². The summed E-state index contributed by atoms with van der Waals surface area (Å²) in [4.78, 5) is 53.9. The average molecular weight is 764 g/mol. The molecule has 2 N–H and O–H groups in total. The second-order valence-electron chi connectivity index (χ2n) is 22.3. The van der Waals surface area contributed by atoms with E-state index >= 15 is 4.79 Å². The number of nitrogens with zero attached hydrogens (tertiary/aromatic N) is 1. The summed E-state index contributed by atoms with van der Waals surface area (Å²) in [6.07, 6.45) is 14.6. The maximum atomic E-state index is 15.0. The smallest absolute Gasteiger partial charge is 0.309 e. The molecule has 0 radical (unpaired) electrons. The highest BCUT2D eigenvalue weighted by molar-refractivity contribution is 5.84. The quantitative estimate of drug-likeness (QED) is 0.177. The zero-order chi connectivity index (χ0) is 40.1. The number of amides is 1. The van der Waals surface area contributed by atoms with E-state index < -0.39 is 23.3 Å². The lowest BCUT2D eigenvalue weighted by Crippen LogP contribution is -2.67. The molecule has 12 atom stereocenters. The molecule has 55 heavy (non-hydrogen) atoms. The predicted molar refractivity (Wildman–Crippen MR) is 213 cm³/mol. The fourth-order valence-corrected chi connectivity index (χ4v) is 16.0. The number of hydrogen-bond acceptors (Lipinski definition) is 5. The van der Waals surface area contributed by atoms with Crippen LogP contribution in [0.25, 0.3) is 0 Å². The van der Waals surface area contributed by atoms with Crippen LogP contribution in [0.15, 0.2) is 12.2 Å². The SMILES string of the molecule is C=C(C)CC1CCC2(C(=O)N3CCC(CCC(=O)O)CC3)CCC3(C)C(CCC4C5(C)CCC(OC(=O)C6CC(C(=O)O)C6(C)C)C(C)(C)C5CCC43C)C12. The van der Waals surface area contributed by atoms with Gasteiger partial charge in [0.1, 0.15) is 6.10 Å². The Labute approximate surface area is 331 Å². The van der Waals surface area contributed by atoms with Gasteiger partial charge in [0.15, 0.2) is 0 Å². The monoisotopic (exact) mass is 764 g/mol. The van der Waals surface area contributed by atoms with E-state index in [4.69, 9.17) is 4.74 Å². The number of fused-ring (bicyclic) bond motifs is 7. The van der Waals surface area contributed by atoms with Crippen LogP contribution in [-0.2, 0) is 23.9 Å². The summed E-state index contributed by atoms with van der Waals surface area (Å²) in [5.41, 5.74) is 0.554. The molecule has 1 aliphatic heterocycles. The van der Waals surface area contributed by atoms with Gasteiger partial charge in [-0.25, -0.2) is 0 Å². The highest BCUT2D eigenvalue weighted by Crippen LogP contribution is 2.78. The van der Waals surface area contributed by atoms with Crippen molar-refractivity contribution in [1.82, 2.24) is 4.90 Å². The molecule has 6 aliphatic carbocycles. The van der Waals surface area contributed by atoms with Crippen molar-refractivity contribution < 1.29 is 34.1 Å². The van der Waals surface area contributed by atoms with E-state index in [0.717, 1.165) is 83.7 Å². The molecule has 7 fully saturated rings. The number of rotatable bonds is 9. The van der Waals surface area contributed by atoms with Crippen LogP contribution >= 0.6 is 0 Å². The first-order valence-corrected chi connectivity index (χ1v) is 22.2. The lowest BCUT2D eigenvalue weighted by atomic mass is 9.32. The first-order valence-electron chi connectivity index (χ1n) is 22.2. The van der Waals surface area contributed by atoms with Gasteiger partial charge in [-0.2, -0.15) is 0 Å². The minimum atomic E-state index is -0.822. The fraction of sp³-hybridized carbons (Fsp3) is 0.872. The summed E-state index contributed by atoms with van der Waals surface area (Å²) in [5.74, 6) is 0.512. The molecule has 0 aromatic heterocycles. The van der Waals surface area contributed by atoms with Crippen LogP contribution in [0.2, 0.25) is 0 Å². The highest BCUT2D eigenvalue weighted by Gasteiger charge is 2.72. The summed E-state index contributed by atoms with van der Waals surface area (Å²) < 4.78 is 6.44. The van der Waals surface area contributed by atoms with Crippen LogP contribution in [0.4, 0.5) is 0 Å². The van der Waals surface area contributed by atoms with Gasteiger partial charge in [-0.05, 0) is 160 Å². The second kappa shape index (κ2) is 13.9. The van der Waals surface area contributed by atoms with Crippen LogP contribution < -0.4 is 0 Å². The molecule has 7 rings (SSSR count). The van der Waals surface area contributed by atoms with Crippen LogP contribution in [0, 0.1) is 79.8 Å². The first-order chi connectivity index (χ1) is 25.6. The van der Waals surface area contributed by atoms with Crippen LogP contribution in [-0.4, -0.2) is 58.1 Å². The first kappa shape index (κ1) is 40.8. The summed E-state index contributed by atoms with van der Waals surface area (Å²) >= 11 is 0. The van der Waals surface area contributed by atoms with E-state index in [0.29, 0.717) is 54.3 Å². The van der Waals surface area contributed by atoms with Gasteiger partial charge < -0.3 is 19.8 Å². The number of aliphatic carboxylic acids is 2. The van der Waals surface area contributed by atoms with Crippen molar-refractivity contribution >= 4 is 23.8 Å². The molecular weight excluding hydrogens is 691 g/mol. The third-order valence-electron chi connectivity index (χ3n) is 19.3. The molecule has 8 heteroatoms. The summed E-state index contributed by atoms with van der Waals surface area (Å²) in [6.45, 7) is 24.4. The Morgan fingerprint density at radius 3 is 2.05 bits per heavy atom. The van der Waals surface area contributed by atoms with Crippen molar-refractivity contribution in [3.63, 3.8) is 0 Å². The molecule has 0 aromatic carbocycles. The summed E-state index contributed by atoms with van der Waals surface area (Å²) in [6, 6.07) is 0. The van der Waals surface area contributed by atoms with Gasteiger partial charge in [-0.15, -0.1) is 6.58 Å². The van der Waals surface area contributed by atoms with E-state index in [1.807, 2.05) is 13.8 Å². The van der Waals surface area contributed by atoms with Gasteiger partial charge in [0.05, 0.1) is 17.3 Å². The lowest BCUT2D eigenvalue weighted by molar-refractivity contribution is -0.252. The molecule has 1 saturated heterocycles. The summed E-state index contributed by atoms with van der Waals surface area (Å²) in [5, 5.41) is 18.9. The van der Waals surface area contributed by atoms with Gasteiger partial charge in [0.25, 0.3) is 0 Å².